The van der Waals surface area contributed by atoms with Crippen LogP contribution >= 0.6 is 0 Å². The molecule has 3 atom stereocenters. The lowest BCUT2D eigenvalue weighted by molar-refractivity contribution is -0.138. The molecule has 0 aromatic carbocycles. The van der Waals surface area contributed by atoms with E-state index in [4.69, 9.17) is 5.11 Å². The van der Waals surface area contributed by atoms with Gasteiger partial charge in [-0.25, -0.2) is 4.79 Å². The fourth-order valence-corrected chi connectivity index (χ4v) is 2.06. The van der Waals surface area contributed by atoms with Crippen molar-refractivity contribution in [1.29, 1.82) is 0 Å². The molecule has 1 saturated carbocycles. The molecule has 0 aromatic heterocycles. The van der Waals surface area contributed by atoms with E-state index in [2.05, 4.69) is 17.6 Å². The molecule has 0 aliphatic heterocycles. The molecule has 0 heterocycles. The number of carbonyl (C=O) groups excluding carboxylic acids is 1. The number of hydrogen-bond donors (Lipinski definition) is 3. The number of carbonyl (C=O) groups is 2. The van der Waals surface area contributed by atoms with Gasteiger partial charge in [0.15, 0.2) is 0 Å². The zero-order chi connectivity index (χ0) is 12.1. The number of rotatable bonds is 4. The molecule has 0 saturated heterocycles. The normalized spacial score (nSPS) is 26.1. The Morgan fingerprint density at radius 3 is 2.62 bits per heavy atom. The summed E-state index contributed by atoms with van der Waals surface area (Å²) >= 11 is 0. The van der Waals surface area contributed by atoms with Crippen LogP contribution in [0, 0.1) is 11.8 Å². The van der Waals surface area contributed by atoms with Crippen LogP contribution in [-0.4, -0.2) is 29.7 Å². The van der Waals surface area contributed by atoms with E-state index in [1.807, 2.05) is 0 Å². The number of amides is 2. The van der Waals surface area contributed by atoms with Gasteiger partial charge in [-0.05, 0) is 31.6 Å². The fraction of sp³-hybridized carbons (Fsp3) is 0.818. The van der Waals surface area contributed by atoms with Crippen molar-refractivity contribution in [2.45, 2.75) is 39.2 Å². The second-order valence-electron chi connectivity index (χ2n) is 4.70. The van der Waals surface area contributed by atoms with Crippen molar-refractivity contribution < 1.29 is 14.7 Å². The van der Waals surface area contributed by atoms with E-state index >= 15 is 0 Å². The van der Waals surface area contributed by atoms with E-state index in [1.54, 1.807) is 0 Å². The highest BCUT2D eigenvalue weighted by Crippen LogP contribution is 2.29. The molecule has 2 unspecified atom stereocenters. The Hall–Kier alpha value is -1.26. The van der Waals surface area contributed by atoms with Gasteiger partial charge in [-0.15, -0.1) is 0 Å². The van der Waals surface area contributed by atoms with E-state index in [1.165, 1.54) is 13.3 Å². The van der Waals surface area contributed by atoms with Gasteiger partial charge in [0, 0.05) is 6.54 Å². The lowest BCUT2D eigenvalue weighted by Crippen LogP contribution is -2.45. The molecule has 1 rings (SSSR count). The van der Waals surface area contributed by atoms with Crippen molar-refractivity contribution in [1.82, 2.24) is 10.6 Å². The maximum absolute atomic E-state index is 11.3. The van der Waals surface area contributed by atoms with Gasteiger partial charge in [0.05, 0.1) is 0 Å². The molecule has 2 amide bonds. The zero-order valence-corrected chi connectivity index (χ0v) is 9.82. The third-order valence-electron chi connectivity index (χ3n) is 3.07. The van der Waals surface area contributed by atoms with E-state index in [0.29, 0.717) is 12.5 Å². The molecule has 0 bridgehead atoms. The van der Waals surface area contributed by atoms with Gasteiger partial charge in [-0.1, -0.05) is 13.3 Å². The highest BCUT2D eigenvalue weighted by Gasteiger charge is 2.22. The minimum atomic E-state index is -1.02. The molecule has 1 fully saturated rings. The molecule has 1 aliphatic rings. The minimum Gasteiger partial charge on any atom is -0.480 e. The first-order valence-electron chi connectivity index (χ1n) is 5.76. The van der Waals surface area contributed by atoms with Crippen LogP contribution in [0.4, 0.5) is 4.79 Å². The number of carboxylic acid groups (broad SMARTS) is 1. The standard InChI is InChI=1S/C11H20N2O3/c1-7-3-4-9(5-7)6-12-11(16)13-8(2)10(14)15/h7-9H,3-6H2,1-2H3,(H,14,15)(H2,12,13,16)/t7?,8-,9?/m1/s1. The average Bonchev–Trinajstić information content (AvgIpc) is 2.61. The van der Waals surface area contributed by atoms with E-state index in [9.17, 15) is 9.59 Å². The van der Waals surface area contributed by atoms with Gasteiger partial charge < -0.3 is 15.7 Å². The van der Waals surface area contributed by atoms with Gasteiger partial charge in [-0.3, -0.25) is 4.79 Å². The van der Waals surface area contributed by atoms with Crippen LogP contribution in [0.2, 0.25) is 0 Å². The average molecular weight is 228 g/mol. The van der Waals surface area contributed by atoms with E-state index in [0.717, 1.165) is 18.8 Å². The second kappa shape index (κ2) is 5.72. The SMILES string of the molecule is CC1CCC(CNC(=O)N[C@H](C)C(=O)O)C1. The van der Waals surface area contributed by atoms with Crippen LogP contribution in [0.5, 0.6) is 0 Å². The molecule has 0 radical (unpaired) electrons. The highest BCUT2D eigenvalue weighted by molar-refractivity contribution is 5.82. The molecule has 0 aromatic rings. The smallest absolute Gasteiger partial charge is 0.325 e. The first-order valence-corrected chi connectivity index (χ1v) is 5.76. The fourth-order valence-electron chi connectivity index (χ4n) is 2.06. The monoisotopic (exact) mass is 228 g/mol. The minimum absolute atomic E-state index is 0.394. The zero-order valence-electron chi connectivity index (χ0n) is 9.82. The molecule has 5 heteroatoms. The lowest BCUT2D eigenvalue weighted by Gasteiger charge is -2.13. The Balaban J connectivity index is 2.17. The Labute approximate surface area is 95.6 Å². The highest BCUT2D eigenvalue weighted by atomic mass is 16.4. The van der Waals surface area contributed by atoms with Gasteiger partial charge in [0.1, 0.15) is 6.04 Å². The summed E-state index contributed by atoms with van der Waals surface area (Å²) in [6, 6.07) is -1.24. The molecule has 3 N–H and O–H groups in total. The summed E-state index contributed by atoms with van der Waals surface area (Å²) in [5.74, 6) is 0.262. The maximum atomic E-state index is 11.3. The summed E-state index contributed by atoms with van der Waals surface area (Å²) in [5, 5.41) is 13.7. The van der Waals surface area contributed by atoms with Gasteiger partial charge in [-0.2, -0.15) is 0 Å². The molecular formula is C11H20N2O3. The summed E-state index contributed by atoms with van der Waals surface area (Å²) < 4.78 is 0. The Morgan fingerprint density at radius 1 is 1.44 bits per heavy atom. The van der Waals surface area contributed by atoms with E-state index < -0.39 is 18.0 Å². The summed E-state index contributed by atoms with van der Waals surface area (Å²) in [6.45, 7) is 4.30. The van der Waals surface area contributed by atoms with Crippen LogP contribution in [0.15, 0.2) is 0 Å². The van der Waals surface area contributed by atoms with Gasteiger partial charge in [0.2, 0.25) is 0 Å². The predicted octanol–water partition coefficient (Wildman–Crippen LogP) is 1.19. The van der Waals surface area contributed by atoms with Crippen molar-refractivity contribution in [2.75, 3.05) is 6.54 Å². The summed E-state index contributed by atoms with van der Waals surface area (Å²) in [7, 11) is 0. The third kappa shape index (κ3) is 4.08. The van der Waals surface area contributed by atoms with Gasteiger partial charge in [0.25, 0.3) is 0 Å². The predicted molar refractivity (Wildman–Crippen MR) is 60.1 cm³/mol. The molecule has 5 nitrogen and oxygen atoms in total. The number of aliphatic carboxylic acids is 1. The lowest BCUT2D eigenvalue weighted by atomic mass is 10.1. The maximum Gasteiger partial charge on any atom is 0.325 e. The van der Waals surface area contributed by atoms with Crippen LogP contribution in [0.3, 0.4) is 0 Å². The first kappa shape index (κ1) is 12.8. The Kier molecular flexibility index (Phi) is 4.58. The summed E-state index contributed by atoms with van der Waals surface area (Å²) in [5.41, 5.74) is 0. The number of urea groups is 1. The molecule has 0 spiro atoms. The number of carboxylic acids is 1. The molecule has 16 heavy (non-hydrogen) atoms. The van der Waals surface area contributed by atoms with Crippen molar-refractivity contribution >= 4 is 12.0 Å². The topological polar surface area (TPSA) is 78.4 Å². The van der Waals surface area contributed by atoms with Crippen LogP contribution in [-0.2, 0) is 4.79 Å². The second-order valence-corrected chi connectivity index (χ2v) is 4.70. The van der Waals surface area contributed by atoms with Gasteiger partial charge >= 0.3 is 12.0 Å². The Morgan fingerprint density at radius 2 is 2.12 bits per heavy atom. The third-order valence-corrected chi connectivity index (χ3v) is 3.07. The van der Waals surface area contributed by atoms with Crippen molar-refractivity contribution in [3.05, 3.63) is 0 Å². The number of hydrogen-bond acceptors (Lipinski definition) is 2. The van der Waals surface area contributed by atoms with Crippen LogP contribution in [0.1, 0.15) is 33.1 Å². The quantitative estimate of drug-likeness (QED) is 0.676. The van der Waals surface area contributed by atoms with Crippen LogP contribution in [0.25, 0.3) is 0 Å². The largest absolute Gasteiger partial charge is 0.480 e. The molecule has 92 valence electrons. The summed E-state index contributed by atoms with van der Waals surface area (Å²) in [4.78, 5) is 21.8. The van der Waals surface area contributed by atoms with Crippen molar-refractivity contribution in [3.63, 3.8) is 0 Å². The van der Waals surface area contributed by atoms with E-state index in [-0.39, 0.29) is 0 Å². The Bertz CT molecular complexity index is 268. The van der Waals surface area contributed by atoms with Crippen molar-refractivity contribution in [3.8, 4) is 0 Å². The van der Waals surface area contributed by atoms with Crippen molar-refractivity contribution in [2.24, 2.45) is 11.8 Å². The van der Waals surface area contributed by atoms with Crippen LogP contribution < -0.4 is 10.6 Å². The molecule has 1 aliphatic carbocycles. The summed E-state index contributed by atoms with van der Waals surface area (Å²) in [6.07, 6.45) is 3.52. The first-order chi connectivity index (χ1) is 7.49. The number of nitrogens with one attached hydrogen (secondary N) is 2. The molecular weight excluding hydrogens is 208 g/mol.